The van der Waals surface area contributed by atoms with Crippen LogP contribution in [-0.4, -0.2) is 32.8 Å². The molecule has 16 heavy (non-hydrogen) atoms. The Kier molecular flexibility index (Phi) is 2.40. The van der Waals surface area contributed by atoms with E-state index < -0.39 is 12.1 Å². The first kappa shape index (κ1) is 10.3. The van der Waals surface area contributed by atoms with Crippen molar-refractivity contribution in [3.05, 3.63) is 46.5 Å². The van der Waals surface area contributed by atoms with Gasteiger partial charge in [-0.3, -0.25) is 0 Å². The van der Waals surface area contributed by atoms with E-state index in [1.54, 1.807) is 24.3 Å². The summed E-state index contributed by atoms with van der Waals surface area (Å²) < 4.78 is 0. The number of carboxylic acid groups (broad SMARTS) is 1. The van der Waals surface area contributed by atoms with Crippen LogP contribution in [0.1, 0.15) is 11.1 Å². The minimum atomic E-state index is -1.41. The summed E-state index contributed by atoms with van der Waals surface area (Å²) in [5, 5.41) is 18.6. The van der Waals surface area contributed by atoms with Crippen LogP contribution in [0.2, 0.25) is 0 Å². The molecule has 0 aromatic heterocycles. The van der Waals surface area contributed by atoms with Crippen molar-refractivity contribution in [3.63, 3.8) is 0 Å². The second-order valence-corrected chi connectivity index (χ2v) is 3.38. The van der Waals surface area contributed by atoms with E-state index >= 15 is 0 Å². The van der Waals surface area contributed by atoms with Crippen molar-refractivity contribution in [3.8, 4) is 0 Å². The highest BCUT2D eigenvalue weighted by Crippen LogP contribution is 2.23. The Morgan fingerprint density at radius 3 is 2.69 bits per heavy atom. The van der Waals surface area contributed by atoms with Crippen LogP contribution >= 0.6 is 0 Å². The van der Waals surface area contributed by atoms with Gasteiger partial charge in [0.2, 0.25) is 0 Å². The summed E-state index contributed by atoms with van der Waals surface area (Å²) >= 11 is 0. The van der Waals surface area contributed by atoms with E-state index in [0.29, 0.717) is 11.1 Å². The fraction of sp³-hybridized carbons (Fsp3) is 0.0909. The lowest BCUT2D eigenvalue weighted by Crippen LogP contribution is -2.31. The number of benzene rings is 1. The molecule has 1 atom stereocenters. The maximum absolute atomic E-state index is 10.9. The molecule has 0 bridgehead atoms. The number of nitrogens with zero attached hydrogens (tertiary/aromatic N) is 2. The predicted molar refractivity (Wildman–Crippen MR) is 55.8 cm³/mol. The molecule has 1 unspecified atom stereocenters. The van der Waals surface area contributed by atoms with Gasteiger partial charge in [-0.2, -0.15) is 4.79 Å². The van der Waals surface area contributed by atoms with Crippen molar-refractivity contribution in [2.24, 2.45) is 0 Å². The quantitative estimate of drug-likeness (QED) is 0.530. The zero-order valence-electron chi connectivity index (χ0n) is 8.16. The average Bonchev–Trinajstić information content (AvgIpc) is 2.28. The summed E-state index contributed by atoms with van der Waals surface area (Å²) in [6, 6.07) is 6.80. The first-order valence-electron chi connectivity index (χ1n) is 4.59. The maximum atomic E-state index is 10.9. The smallest absolute Gasteiger partial charge is 0.334 e. The highest BCUT2D eigenvalue weighted by molar-refractivity contribution is 6.13. The third-order valence-electron chi connectivity index (χ3n) is 2.46. The van der Waals surface area contributed by atoms with Gasteiger partial charge < -0.3 is 15.7 Å². The molecule has 5 heteroatoms. The van der Waals surface area contributed by atoms with Gasteiger partial charge in [0.25, 0.3) is 0 Å². The Morgan fingerprint density at radius 1 is 1.38 bits per heavy atom. The van der Waals surface area contributed by atoms with Gasteiger partial charge in [-0.05, 0) is 17.7 Å². The normalized spacial score (nSPS) is 18.4. The lowest BCUT2D eigenvalue weighted by Gasteiger charge is -2.14. The monoisotopic (exact) mass is 216 g/mol. The molecule has 5 nitrogen and oxygen atoms in total. The molecule has 1 aromatic rings. The van der Waals surface area contributed by atoms with E-state index in [0.717, 1.165) is 0 Å². The van der Waals surface area contributed by atoms with Gasteiger partial charge in [-0.1, -0.05) is 18.2 Å². The molecule has 0 amide bonds. The number of carbonyl (C=O) groups is 1. The third-order valence-corrected chi connectivity index (χ3v) is 2.46. The van der Waals surface area contributed by atoms with Crippen molar-refractivity contribution >= 4 is 17.8 Å². The molecule has 1 aliphatic rings. The lowest BCUT2D eigenvalue weighted by molar-refractivity contribution is -0.133. The van der Waals surface area contributed by atoms with Gasteiger partial charge in [0.1, 0.15) is 0 Å². The SMILES string of the molecule is [N-]=[N+]=C1c2ccccc2C=C(C(=O)O)C1O. The summed E-state index contributed by atoms with van der Waals surface area (Å²) in [7, 11) is 0. The van der Waals surface area contributed by atoms with Crippen LogP contribution in [0.4, 0.5) is 0 Å². The highest BCUT2D eigenvalue weighted by atomic mass is 16.4. The Balaban J connectivity index is 2.70. The van der Waals surface area contributed by atoms with Crippen molar-refractivity contribution < 1.29 is 19.8 Å². The summed E-state index contributed by atoms with van der Waals surface area (Å²) in [6.45, 7) is 0. The fourth-order valence-electron chi connectivity index (χ4n) is 1.68. The summed E-state index contributed by atoms with van der Waals surface area (Å²) in [5.74, 6) is -1.23. The predicted octanol–water partition coefficient (Wildman–Crippen LogP) is 0.548. The number of aliphatic carboxylic acids is 1. The second kappa shape index (κ2) is 3.73. The topological polar surface area (TPSA) is 93.9 Å². The molecule has 0 aliphatic heterocycles. The van der Waals surface area contributed by atoms with Gasteiger partial charge in [-0.15, -0.1) is 0 Å². The van der Waals surface area contributed by atoms with Gasteiger partial charge in [0.15, 0.2) is 6.10 Å². The summed E-state index contributed by atoms with van der Waals surface area (Å²) in [6.07, 6.45) is -0.0331. The lowest BCUT2D eigenvalue weighted by atomic mass is 9.88. The Bertz CT molecular complexity index is 542. The van der Waals surface area contributed by atoms with Crippen LogP contribution in [0.5, 0.6) is 0 Å². The minimum Gasteiger partial charge on any atom is -0.478 e. The molecule has 80 valence electrons. The van der Waals surface area contributed by atoms with Crippen LogP contribution in [0, 0.1) is 0 Å². The first-order chi connectivity index (χ1) is 7.65. The second-order valence-electron chi connectivity index (χ2n) is 3.38. The maximum Gasteiger partial charge on any atom is 0.334 e. The molecule has 0 spiro atoms. The van der Waals surface area contributed by atoms with E-state index in [1.165, 1.54) is 6.08 Å². The van der Waals surface area contributed by atoms with Crippen molar-refractivity contribution in [2.45, 2.75) is 6.10 Å². The van der Waals surface area contributed by atoms with E-state index in [2.05, 4.69) is 4.79 Å². The Labute approximate surface area is 90.9 Å². The van der Waals surface area contributed by atoms with Crippen molar-refractivity contribution in [2.75, 3.05) is 0 Å². The van der Waals surface area contributed by atoms with Crippen LogP contribution in [0.3, 0.4) is 0 Å². The molecule has 2 rings (SSSR count). The molecular formula is C11H8N2O3. The zero-order chi connectivity index (χ0) is 11.7. The van der Waals surface area contributed by atoms with Crippen LogP contribution in [-0.2, 0) is 4.79 Å². The van der Waals surface area contributed by atoms with Crippen molar-refractivity contribution in [1.82, 2.24) is 0 Å². The standard InChI is InChI=1S/C11H8N2O3/c12-13-9-7-4-2-1-3-6(7)5-8(10(9)14)11(15)16/h1-5,10,14H,(H,15,16). The Hall–Kier alpha value is -2.23. The van der Waals surface area contributed by atoms with Gasteiger partial charge in [0, 0.05) is 0 Å². The van der Waals surface area contributed by atoms with Gasteiger partial charge >= 0.3 is 11.7 Å². The summed E-state index contributed by atoms with van der Waals surface area (Å²) in [5.41, 5.74) is 9.71. The first-order valence-corrected chi connectivity index (χ1v) is 4.59. The Morgan fingerprint density at radius 2 is 2.06 bits per heavy atom. The molecule has 0 heterocycles. The number of rotatable bonds is 1. The molecule has 0 saturated heterocycles. The van der Waals surface area contributed by atoms with Gasteiger partial charge in [-0.25, -0.2) is 4.79 Å². The molecular weight excluding hydrogens is 208 g/mol. The molecule has 0 radical (unpaired) electrons. The molecule has 1 aromatic carbocycles. The van der Waals surface area contributed by atoms with Gasteiger partial charge in [0.05, 0.1) is 11.1 Å². The number of fused-ring (bicyclic) bond motifs is 1. The van der Waals surface area contributed by atoms with E-state index in [9.17, 15) is 9.90 Å². The number of hydrogen-bond acceptors (Lipinski definition) is 2. The number of carboxylic acids is 1. The number of hydrogen-bond donors (Lipinski definition) is 2. The molecule has 0 fully saturated rings. The van der Waals surface area contributed by atoms with E-state index in [1.807, 2.05) is 0 Å². The minimum absolute atomic E-state index is 0.0458. The molecule has 1 aliphatic carbocycles. The average molecular weight is 216 g/mol. The highest BCUT2D eigenvalue weighted by Gasteiger charge is 2.35. The number of aliphatic hydroxyl groups excluding tert-OH is 1. The van der Waals surface area contributed by atoms with Crippen LogP contribution in [0.15, 0.2) is 29.8 Å². The van der Waals surface area contributed by atoms with Crippen molar-refractivity contribution in [1.29, 1.82) is 0 Å². The largest absolute Gasteiger partial charge is 0.478 e. The summed E-state index contributed by atoms with van der Waals surface area (Å²) in [4.78, 5) is 13.8. The molecule has 0 saturated carbocycles. The van der Waals surface area contributed by atoms with Crippen LogP contribution < -0.4 is 0 Å². The third kappa shape index (κ3) is 1.44. The van der Waals surface area contributed by atoms with E-state index in [-0.39, 0.29) is 11.3 Å². The van der Waals surface area contributed by atoms with Crippen LogP contribution in [0.25, 0.3) is 11.6 Å². The molecule has 2 N–H and O–H groups in total. The zero-order valence-corrected chi connectivity index (χ0v) is 8.16. The van der Waals surface area contributed by atoms with E-state index in [4.69, 9.17) is 10.6 Å². The number of aliphatic hydroxyl groups is 1. The fourth-order valence-corrected chi connectivity index (χ4v) is 1.68.